The zero-order valence-electron chi connectivity index (χ0n) is 12.2. The molecule has 0 aromatic heterocycles. The topological polar surface area (TPSA) is 64.6 Å². The lowest BCUT2D eigenvalue weighted by molar-refractivity contribution is -0.127. The minimum Gasteiger partial charge on any atom is -0.390 e. The molecule has 1 saturated carbocycles. The van der Waals surface area contributed by atoms with E-state index in [9.17, 15) is 9.90 Å². The van der Waals surface area contributed by atoms with Crippen LogP contribution in [0.1, 0.15) is 38.5 Å². The molecule has 0 aromatic rings. The summed E-state index contributed by atoms with van der Waals surface area (Å²) in [6.07, 6.45) is 6.94. The van der Waals surface area contributed by atoms with Gasteiger partial charge in [-0.3, -0.25) is 4.79 Å². The number of amides is 1. The molecule has 1 amide bonds. The van der Waals surface area contributed by atoms with Gasteiger partial charge in [-0.05, 0) is 38.8 Å². The molecule has 5 nitrogen and oxygen atoms in total. The Morgan fingerprint density at radius 2 is 1.80 bits per heavy atom. The first-order valence-corrected chi connectivity index (χ1v) is 8.17. The van der Waals surface area contributed by atoms with Crippen molar-refractivity contribution in [3.05, 3.63) is 0 Å². The van der Waals surface area contributed by atoms with Crippen LogP contribution in [0.15, 0.2) is 0 Å². The van der Waals surface area contributed by atoms with Crippen molar-refractivity contribution in [1.29, 1.82) is 0 Å². The minimum absolute atomic E-state index is 0.102. The van der Waals surface area contributed by atoms with Crippen molar-refractivity contribution in [2.75, 3.05) is 26.2 Å². The van der Waals surface area contributed by atoms with Crippen LogP contribution in [0.2, 0.25) is 0 Å². The third-order valence-corrected chi connectivity index (χ3v) is 5.25. The highest BCUT2D eigenvalue weighted by molar-refractivity contribution is 5.79. The quantitative estimate of drug-likeness (QED) is 0.686. The number of hydrogen-bond acceptors (Lipinski definition) is 4. The van der Waals surface area contributed by atoms with Crippen LogP contribution in [0.3, 0.4) is 0 Å². The van der Waals surface area contributed by atoms with Crippen molar-refractivity contribution in [2.45, 2.75) is 56.7 Å². The Bertz CT molecular complexity index is 336. The van der Waals surface area contributed by atoms with Crippen LogP contribution < -0.4 is 10.6 Å². The maximum atomic E-state index is 12.3. The van der Waals surface area contributed by atoms with Crippen molar-refractivity contribution in [3.8, 4) is 0 Å². The second kappa shape index (κ2) is 6.41. The van der Waals surface area contributed by atoms with Gasteiger partial charge in [0.15, 0.2) is 0 Å². The predicted molar refractivity (Wildman–Crippen MR) is 77.4 cm³/mol. The fraction of sp³-hybridized carbons (Fsp3) is 0.933. The third-order valence-electron chi connectivity index (χ3n) is 5.25. The van der Waals surface area contributed by atoms with Gasteiger partial charge in [0.05, 0.1) is 12.1 Å². The fourth-order valence-electron chi connectivity index (χ4n) is 3.91. The molecule has 114 valence electrons. The summed E-state index contributed by atoms with van der Waals surface area (Å²) in [4.78, 5) is 14.8. The summed E-state index contributed by atoms with van der Waals surface area (Å²) in [6, 6.07) is 0.676. The Hall–Kier alpha value is -0.650. The molecular weight excluding hydrogens is 254 g/mol. The third kappa shape index (κ3) is 3.15. The molecule has 2 atom stereocenters. The summed E-state index contributed by atoms with van der Waals surface area (Å²) >= 11 is 0. The second-order valence-electron chi connectivity index (χ2n) is 6.59. The van der Waals surface area contributed by atoms with E-state index in [2.05, 4.69) is 15.5 Å². The number of likely N-dealkylation sites (tertiary alicyclic amines) is 1. The van der Waals surface area contributed by atoms with Gasteiger partial charge < -0.3 is 20.6 Å². The first-order chi connectivity index (χ1) is 9.74. The van der Waals surface area contributed by atoms with Gasteiger partial charge in [0.2, 0.25) is 5.91 Å². The van der Waals surface area contributed by atoms with Crippen LogP contribution in [0.4, 0.5) is 0 Å². The summed E-state index contributed by atoms with van der Waals surface area (Å²) in [7, 11) is 0. The average Bonchev–Trinajstić information content (AvgIpc) is 3.12. The number of carbonyl (C=O) groups excluding carboxylic acids is 1. The summed E-state index contributed by atoms with van der Waals surface area (Å²) in [5.41, 5.74) is 0. The Morgan fingerprint density at radius 3 is 2.40 bits per heavy atom. The van der Waals surface area contributed by atoms with Crippen molar-refractivity contribution in [2.24, 2.45) is 5.92 Å². The monoisotopic (exact) mass is 281 g/mol. The van der Waals surface area contributed by atoms with Gasteiger partial charge in [0.1, 0.15) is 0 Å². The Morgan fingerprint density at radius 1 is 1.10 bits per heavy atom. The SMILES string of the molecule is O=C(N[C@@H]1CNC[C@H]1O)C1CCN(C2CCCC2)CC1. The Labute approximate surface area is 121 Å². The molecule has 3 fully saturated rings. The smallest absolute Gasteiger partial charge is 0.223 e. The van der Waals surface area contributed by atoms with Crippen LogP contribution >= 0.6 is 0 Å². The van der Waals surface area contributed by atoms with E-state index in [1.54, 1.807) is 0 Å². The van der Waals surface area contributed by atoms with E-state index in [0.717, 1.165) is 32.0 Å². The van der Waals surface area contributed by atoms with Gasteiger partial charge in [-0.15, -0.1) is 0 Å². The Balaban J connectivity index is 1.44. The van der Waals surface area contributed by atoms with Gasteiger partial charge >= 0.3 is 0 Å². The van der Waals surface area contributed by atoms with Crippen LogP contribution in [0.5, 0.6) is 0 Å². The van der Waals surface area contributed by atoms with E-state index in [4.69, 9.17) is 0 Å². The zero-order valence-corrected chi connectivity index (χ0v) is 12.2. The highest BCUT2D eigenvalue weighted by Crippen LogP contribution is 2.28. The number of nitrogens with one attached hydrogen (secondary N) is 2. The lowest BCUT2D eigenvalue weighted by atomic mass is 9.94. The zero-order chi connectivity index (χ0) is 13.9. The normalized spacial score (nSPS) is 33.6. The first kappa shape index (κ1) is 14.3. The molecule has 0 bridgehead atoms. The highest BCUT2D eigenvalue weighted by atomic mass is 16.3. The van der Waals surface area contributed by atoms with Crippen molar-refractivity contribution < 1.29 is 9.90 Å². The van der Waals surface area contributed by atoms with E-state index >= 15 is 0 Å². The molecular formula is C15H27N3O2. The number of nitrogens with zero attached hydrogens (tertiary/aromatic N) is 1. The second-order valence-corrected chi connectivity index (χ2v) is 6.59. The van der Waals surface area contributed by atoms with Gasteiger partial charge in [0, 0.05) is 25.0 Å². The van der Waals surface area contributed by atoms with E-state index in [1.165, 1.54) is 25.7 Å². The molecule has 3 aliphatic rings. The van der Waals surface area contributed by atoms with Crippen LogP contribution in [-0.4, -0.2) is 60.3 Å². The van der Waals surface area contributed by atoms with E-state index in [-0.39, 0.29) is 17.9 Å². The lowest BCUT2D eigenvalue weighted by Crippen LogP contribution is -2.48. The van der Waals surface area contributed by atoms with Crippen molar-refractivity contribution in [3.63, 3.8) is 0 Å². The van der Waals surface area contributed by atoms with Gasteiger partial charge in [-0.1, -0.05) is 12.8 Å². The number of carbonyl (C=O) groups is 1. The molecule has 2 heterocycles. The molecule has 2 aliphatic heterocycles. The minimum atomic E-state index is -0.433. The van der Waals surface area contributed by atoms with Crippen molar-refractivity contribution in [1.82, 2.24) is 15.5 Å². The standard InChI is InChI=1S/C15H27N3O2/c19-14-10-16-9-13(14)17-15(20)11-5-7-18(8-6-11)12-3-1-2-4-12/h11-14,16,19H,1-10H2,(H,17,20)/t13-,14-/m1/s1. The van der Waals surface area contributed by atoms with Crippen LogP contribution in [0, 0.1) is 5.92 Å². The van der Waals surface area contributed by atoms with Crippen molar-refractivity contribution >= 4 is 5.91 Å². The Kier molecular flexibility index (Phi) is 4.58. The molecule has 20 heavy (non-hydrogen) atoms. The highest BCUT2D eigenvalue weighted by Gasteiger charge is 2.32. The number of hydrogen-bond donors (Lipinski definition) is 3. The maximum Gasteiger partial charge on any atom is 0.223 e. The van der Waals surface area contributed by atoms with Gasteiger partial charge in [-0.2, -0.15) is 0 Å². The number of β-amino-alcohol motifs (C(OH)–C–C–N with tert-alkyl or cyclic N) is 1. The molecule has 2 saturated heterocycles. The number of piperidine rings is 1. The molecule has 0 unspecified atom stereocenters. The largest absolute Gasteiger partial charge is 0.390 e. The average molecular weight is 281 g/mol. The van der Waals surface area contributed by atoms with E-state index in [1.807, 2.05) is 0 Å². The van der Waals surface area contributed by atoms with Crippen LogP contribution in [0.25, 0.3) is 0 Å². The van der Waals surface area contributed by atoms with Gasteiger partial charge in [-0.25, -0.2) is 0 Å². The van der Waals surface area contributed by atoms with E-state index < -0.39 is 6.10 Å². The lowest BCUT2D eigenvalue weighted by Gasteiger charge is -2.35. The number of aliphatic hydroxyl groups is 1. The number of rotatable bonds is 3. The maximum absolute atomic E-state index is 12.3. The molecule has 5 heteroatoms. The predicted octanol–water partition coefficient (Wildman–Crippen LogP) is 0.0899. The molecule has 0 spiro atoms. The van der Waals surface area contributed by atoms with Crippen LogP contribution in [-0.2, 0) is 4.79 Å². The summed E-state index contributed by atoms with van der Waals surface area (Å²) < 4.78 is 0. The number of aliphatic hydroxyl groups excluding tert-OH is 1. The summed E-state index contributed by atoms with van der Waals surface area (Å²) in [6.45, 7) is 3.40. The molecule has 3 rings (SSSR count). The molecule has 0 aromatic carbocycles. The fourth-order valence-corrected chi connectivity index (χ4v) is 3.91. The summed E-state index contributed by atoms with van der Waals surface area (Å²) in [5, 5.41) is 15.9. The first-order valence-electron chi connectivity index (χ1n) is 8.17. The van der Waals surface area contributed by atoms with E-state index in [0.29, 0.717) is 13.1 Å². The summed E-state index contributed by atoms with van der Waals surface area (Å²) in [5.74, 6) is 0.282. The molecule has 3 N–H and O–H groups in total. The molecule has 0 radical (unpaired) electrons. The molecule has 1 aliphatic carbocycles. The van der Waals surface area contributed by atoms with Gasteiger partial charge in [0.25, 0.3) is 0 Å².